The Morgan fingerprint density at radius 1 is 1.14 bits per heavy atom. The summed E-state index contributed by atoms with van der Waals surface area (Å²) in [6.07, 6.45) is 6.94. The Balaban J connectivity index is 1.64. The monoisotopic (exact) mass is 383 g/mol. The lowest BCUT2D eigenvalue weighted by Gasteiger charge is -2.21. The lowest BCUT2D eigenvalue weighted by atomic mass is 10.1. The lowest BCUT2D eigenvalue weighted by Crippen LogP contribution is -2.33. The quantitative estimate of drug-likeness (QED) is 0.826. The highest BCUT2D eigenvalue weighted by molar-refractivity contribution is 5.97. The second-order valence-electron chi connectivity index (χ2n) is 7.23. The standard InChI is InChI=1S/C21H29N5O2/c1-3-18(19-11-12-22-25(19)2)24-21(28)23-17-10-8-9-16(15-17)20(27)26-13-6-4-5-7-14-26/h8-12,15,18H,3-7,13-14H2,1-2H3,(H2,23,24,28). The minimum absolute atomic E-state index is 0.0345. The van der Waals surface area contributed by atoms with Crippen LogP contribution in [0.15, 0.2) is 36.5 Å². The molecule has 1 saturated heterocycles. The van der Waals surface area contributed by atoms with Gasteiger partial charge in [-0.15, -0.1) is 0 Å². The molecule has 1 atom stereocenters. The molecule has 3 rings (SSSR count). The van der Waals surface area contributed by atoms with E-state index in [0.29, 0.717) is 11.3 Å². The lowest BCUT2D eigenvalue weighted by molar-refractivity contribution is 0.0761. The predicted octanol–water partition coefficient (Wildman–Crippen LogP) is 3.71. The Kier molecular flexibility index (Phi) is 6.68. The number of amides is 3. The van der Waals surface area contributed by atoms with Crippen molar-refractivity contribution in [3.8, 4) is 0 Å². The van der Waals surface area contributed by atoms with Crippen LogP contribution >= 0.6 is 0 Å². The van der Waals surface area contributed by atoms with E-state index in [2.05, 4.69) is 15.7 Å². The van der Waals surface area contributed by atoms with Crippen LogP contribution in [0, 0.1) is 0 Å². The molecule has 3 amide bonds. The number of nitrogens with one attached hydrogen (secondary N) is 2. The first-order chi connectivity index (χ1) is 13.6. The van der Waals surface area contributed by atoms with E-state index in [1.54, 1.807) is 35.1 Å². The number of carbonyl (C=O) groups excluding carboxylic acids is 2. The molecule has 2 heterocycles. The van der Waals surface area contributed by atoms with Gasteiger partial charge in [0.1, 0.15) is 0 Å². The number of benzene rings is 1. The second-order valence-corrected chi connectivity index (χ2v) is 7.23. The first-order valence-electron chi connectivity index (χ1n) is 10.0. The summed E-state index contributed by atoms with van der Waals surface area (Å²) in [6, 6.07) is 8.62. The number of aryl methyl sites for hydroxylation is 1. The molecule has 7 nitrogen and oxygen atoms in total. The van der Waals surface area contributed by atoms with Crippen LogP contribution in [0.5, 0.6) is 0 Å². The zero-order valence-corrected chi connectivity index (χ0v) is 16.6. The smallest absolute Gasteiger partial charge is 0.319 e. The van der Waals surface area contributed by atoms with Gasteiger partial charge < -0.3 is 15.5 Å². The van der Waals surface area contributed by atoms with Crippen LogP contribution in [-0.2, 0) is 7.05 Å². The summed E-state index contributed by atoms with van der Waals surface area (Å²) in [5, 5.41) is 9.98. The Hall–Kier alpha value is -2.83. The largest absolute Gasteiger partial charge is 0.339 e. The highest BCUT2D eigenvalue weighted by atomic mass is 16.2. The van der Waals surface area contributed by atoms with Gasteiger partial charge in [0.05, 0.1) is 11.7 Å². The van der Waals surface area contributed by atoms with Crippen molar-refractivity contribution in [2.24, 2.45) is 7.05 Å². The number of hydrogen-bond donors (Lipinski definition) is 2. The third-order valence-corrected chi connectivity index (χ3v) is 5.19. The van der Waals surface area contributed by atoms with Gasteiger partial charge in [-0.25, -0.2) is 4.79 Å². The molecule has 0 spiro atoms. The summed E-state index contributed by atoms with van der Waals surface area (Å²) in [6.45, 7) is 3.62. The zero-order chi connectivity index (χ0) is 19.9. The van der Waals surface area contributed by atoms with Crippen LogP contribution in [0.3, 0.4) is 0 Å². The molecule has 2 aromatic rings. The number of rotatable bonds is 5. The molecule has 1 unspecified atom stereocenters. The van der Waals surface area contributed by atoms with Gasteiger partial charge in [-0.05, 0) is 43.5 Å². The van der Waals surface area contributed by atoms with E-state index in [4.69, 9.17) is 0 Å². The van der Waals surface area contributed by atoms with Crippen LogP contribution in [0.25, 0.3) is 0 Å². The minimum Gasteiger partial charge on any atom is -0.339 e. The fourth-order valence-electron chi connectivity index (χ4n) is 3.62. The van der Waals surface area contributed by atoms with Crippen molar-refractivity contribution in [1.82, 2.24) is 20.0 Å². The summed E-state index contributed by atoms with van der Waals surface area (Å²) in [4.78, 5) is 27.2. The van der Waals surface area contributed by atoms with Crippen molar-refractivity contribution < 1.29 is 9.59 Å². The first-order valence-corrected chi connectivity index (χ1v) is 10.0. The van der Waals surface area contributed by atoms with Crippen molar-refractivity contribution in [2.45, 2.75) is 45.1 Å². The summed E-state index contributed by atoms with van der Waals surface area (Å²) >= 11 is 0. The molecule has 0 saturated carbocycles. The molecule has 1 aromatic heterocycles. The summed E-state index contributed by atoms with van der Waals surface area (Å²) in [5.41, 5.74) is 2.17. The average Bonchev–Trinajstić information content (AvgIpc) is 2.94. The Bertz CT molecular complexity index is 809. The Labute approximate surface area is 166 Å². The summed E-state index contributed by atoms with van der Waals surface area (Å²) < 4.78 is 1.76. The number of carbonyl (C=O) groups is 2. The topological polar surface area (TPSA) is 79.3 Å². The average molecular weight is 383 g/mol. The van der Waals surface area contributed by atoms with E-state index in [-0.39, 0.29) is 18.0 Å². The molecule has 0 radical (unpaired) electrons. The number of urea groups is 1. The normalized spacial score (nSPS) is 15.6. The van der Waals surface area contributed by atoms with Crippen molar-refractivity contribution in [3.05, 3.63) is 47.8 Å². The SMILES string of the molecule is CCC(NC(=O)Nc1cccc(C(=O)N2CCCCCC2)c1)c1ccnn1C. The van der Waals surface area contributed by atoms with Crippen LogP contribution in [-0.4, -0.2) is 39.7 Å². The summed E-state index contributed by atoms with van der Waals surface area (Å²) in [7, 11) is 1.86. The fraction of sp³-hybridized carbons (Fsp3) is 0.476. The van der Waals surface area contributed by atoms with Crippen molar-refractivity contribution >= 4 is 17.6 Å². The third-order valence-electron chi connectivity index (χ3n) is 5.19. The highest BCUT2D eigenvalue weighted by Gasteiger charge is 2.19. The second kappa shape index (κ2) is 9.39. The fourth-order valence-corrected chi connectivity index (χ4v) is 3.62. The molecule has 0 bridgehead atoms. The van der Waals surface area contributed by atoms with E-state index in [1.165, 1.54) is 12.8 Å². The van der Waals surface area contributed by atoms with E-state index < -0.39 is 0 Å². The van der Waals surface area contributed by atoms with Gasteiger partial charge in [-0.1, -0.05) is 25.8 Å². The molecule has 0 aliphatic carbocycles. The van der Waals surface area contributed by atoms with E-state index in [9.17, 15) is 9.59 Å². The van der Waals surface area contributed by atoms with Crippen molar-refractivity contribution in [2.75, 3.05) is 18.4 Å². The molecule has 28 heavy (non-hydrogen) atoms. The maximum absolute atomic E-state index is 12.8. The van der Waals surface area contributed by atoms with Gasteiger partial charge in [0, 0.05) is 37.6 Å². The number of aromatic nitrogens is 2. The van der Waals surface area contributed by atoms with Crippen LogP contribution in [0.2, 0.25) is 0 Å². The molecule has 150 valence electrons. The highest BCUT2D eigenvalue weighted by Crippen LogP contribution is 2.18. The van der Waals surface area contributed by atoms with Crippen LogP contribution in [0.1, 0.15) is 61.1 Å². The van der Waals surface area contributed by atoms with Gasteiger partial charge in [0.2, 0.25) is 0 Å². The van der Waals surface area contributed by atoms with E-state index in [1.807, 2.05) is 24.9 Å². The predicted molar refractivity (Wildman–Crippen MR) is 109 cm³/mol. The van der Waals surface area contributed by atoms with E-state index >= 15 is 0 Å². The van der Waals surface area contributed by atoms with Gasteiger partial charge in [-0.3, -0.25) is 9.48 Å². The minimum atomic E-state index is -0.299. The van der Waals surface area contributed by atoms with Crippen molar-refractivity contribution in [1.29, 1.82) is 0 Å². The van der Waals surface area contributed by atoms with Crippen LogP contribution in [0.4, 0.5) is 10.5 Å². The maximum atomic E-state index is 12.8. The molecular weight excluding hydrogens is 354 g/mol. The number of likely N-dealkylation sites (tertiary alicyclic amines) is 1. The Morgan fingerprint density at radius 3 is 2.54 bits per heavy atom. The summed E-state index contributed by atoms with van der Waals surface area (Å²) in [5.74, 6) is 0.0345. The zero-order valence-electron chi connectivity index (χ0n) is 16.6. The Morgan fingerprint density at radius 2 is 1.89 bits per heavy atom. The van der Waals surface area contributed by atoms with Gasteiger partial charge in [0.15, 0.2) is 0 Å². The van der Waals surface area contributed by atoms with Gasteiger partial charge in [-0.2, -0.15) is 5.10 Å². The molecule has 1 aromatic carbocycles. The molecule has 7 heteroatoms. The molecule has 1 fully saturated rings. The molecule has 2 N–H and O–H groups in total. The number of hydrogen-bond acceptors (Lipinski definition) is 3. The van der Waals surface area contributed by atoms with Gasteiger partial charge in [0.25, 0.3) is 5.91 Å². The number of nitrogens with zero attached hydrogens (tertiary/aromatic N) is 3. The molecule has 1 aliphatic heterocycles. The van der Waals surface area contributed by atoms with Crippen LogP contribution < -0.4 is 10.6 Å². The molecule has 1 aliphatic rings. The third kappa shape index (κ3) is 4.91. The van der Waals surface area contributed by atoms with E-state index in [0.717, 1.165) is 38.0 Å². The number of anilines is 1. The molecular formula is C21H29N5O2. The van der Waals surface area contributed by atoms with Gasteiger partial charge >= 0.3 is 6.03 Å². The first kappa shape index (κ1) is 19.9. The maximum Gasteiger partial charge on any atom is 0.319 e. The van der Waals surface area contributed by atoms with Crippen molar-refractivity contribution in [3.63, 3.8) is 0 Å².